The van der Waals surface area contributed by atoms with Crippen molar-refractivity contribution >= 4 is 33.3 Å². The van der Waals surface area contributed by atoms with Gasteiger partial charge in [-0.1, -0.05) is 0 Å². The zero-order valence-corrected chi connectivity index (χ0v) is 11.6. The predicted octanol–water partition coefficient (Wildman–Crippen LogP) is 2.23. The molecule has 2 N–H and O–H groups in total. The zero-order valence-electron chi connectivity index (χ0n) is 10.8. The molecule has 0 unspecified atom stereocenters. The van der Waals surface area contributed by atoms with E-state index in [9.17, 15) is 4.79 Å². The van der Waals surface area contributed by atoms with Crippen molar-refractivity contribution in [3.05, 3.63) is 28.4 Å². The Morgan fingerprint density at radius 3 is 2.89 bits per heavy atom. The molecule has 0 radical (unpaired) electrons. The van der Waals surface area contributed by atoms with Crippen molar-refractivity contribution in [1.29, 1.82) is 0 Å². The number of fused-ring (bicyclic) bond motifs is 1. The Bertz CT molecular complexity index is 732. The third-order valence-corrected chi connectivity index (χ3v) is 4.19. The lowest BCUT2D eigenvalue weighted by Gasteiger charge is -2.00. The standard InChI is InChI=1S/C12H13N5OS/c1-6-5-13-15-10(6)14-11(18)9-4-8-7(2)16-17(3)12(8)19-9/h4-5H,1-3H3,(H2,13,14,15,18). The highest BCUT2D eigenvalue weighted by molar-refractivity contribution is 7.20. The van der Waals surface area contributed by atoms with Crippen LogP contribution in [-0.2, 0) is 7.05 Å². The Morgan fingerprint density at radius 1 is 1.47 bits per heavy atom. The number of nitrogens with one attached hydrogen (secondary N) is 2. The van der Waals surface area contributed by atoms with Crippen LogP contribution in [0.1, 0.15) is 20.9 Å². The Labute approximate surface area is 113 Å². The van der Waals surface area contributed by atoms with Crippen LogP contribution in [0, 0.1) is 13.8 Å². The maximum Gasteiger partial charge on any atom is 0.266 e. The number of H-pyrrole nitrogens is 1. The zero-order chi connectivity index (χ0) is 13.6. The Morgan fingerprint density at radius 2 is 2.26 bits per heavy atom. The highest BCUT2D eigenvalue weighted by atomic mass is 32.1. The number of carbonyl (C=O) groups excluding carboxylic acids is 1. The molecule has 0 fully saturated rings. The van der Waals surface area contributed by atoms with Gasteiger partial charge in [0.05, 0.1) is 16.8 Å². The second-order valence-electron chi connectivity index (χ2n) is 4.42. The van der Waals surface area contributed by atoms with E-state index in [0.29, 0.717) is 10.7 Å². The van der Waals surface area contributed by atoms with Crippen molar-refractivity contribution in [3.8, 4) is 0 Å². The van der Waals surface area contributed by atoms with Gasteiger partial charge < -0.3 is 5.32 Å². The van der Waals surface area contributed by atoms with Crippen molar-refractivity contribution in [2.75, 3.05) is 5.32 Å². The van der Waals surface area contributed by atoms with Crippen molar-refractivity contribution in [2.24, 2.45) is 7.05 Å². The molecule has 7 heteroatoms. The van der Waals surface area contributed by atoms with Gasteiger partial charge in [-0.2, -0.15) is 10.2 Å². The van der Waals surface area contributed by atoms with Crippen LogP contribution in [0.3, 0.4) is 0 Å². The van der Waals surface area contributed by atoms with Crippen LogP contribution in [0.5, 0.6) is 0 Å². The van der Waals surface area contributed by atoms with Crippen LogP contribution >= 0.6 is 11.3 Å². The van der Waals surface area contributed by atoms with Gasteiger partial charge in [-0.25, -0.2) is 0 Å². The minimum absolute atomic E-state index is 0.132. The summed E-state index contributed by atoms with van der Waals surface area (Å²) in [5, 5.41) is 14.8. The van der Waals surface area contributed by atoms with Gasteiger partial charge in [-0.15, -0.1) is 11.3 Å². The number of rotatable bonds is 2. The summed E-state index contributed by atoms with van der Waals surface area (Å²) in [5.74, 6) is 0.505. The summed E-state index contributed by atoms with van der Waals surface area (Å²) >= 11 is 1.43. The molecule has 98 valence electrons. The Balaban J connectivity index is 1.94. The third-order valence-electron chi connectivity index (χ3n) is 2.99. The molecule has 0 aliphatic heterocycles. The quantitative estimate of drug-likeness (QED) is 0.753. The lowest BCUT2D eigenvalue weighted by molar-refractivity contribution is 0.103. The van der Waals surface area contributed by atoms with Gasteiger partial charge in [-0.05, 0) is 19.9 Å². The fraction of sp³-hybridized carbons (Fsp3) is 0.250. The minimum atomic E-state index is -0.132. The number of aromatic nitrogens is 4. The van der Waals surface area contributed by atoms with E-state index in [-0.39, 0.29) is 5.91 Å². The number of aryl methyl sites for hydroxylation is 3. The lowest BCUT2D eigenvalue weighted by Crippen LogP contribution is -2.11. The second-order valence-corrected chi connectivity index (χ2v) is 5.45. The summed E-state index contributed by atoms with van der Waals surface area (Å²) in [7, 11) is 1.88. The van der Waals surface area contributed by atoms with Crippen LogP contribution in [0.2, 0.25) is 0 Å². The summed E-state index contributed by atoms with van der Waals surface area (Å²) in [5.41, 5.74) is 1.85. The number of aromatic amines is 1. The molecule has 3 aromatic heterocycles. The fourth-order valence-electron chi connectivity index (χ4n) is 1.97. The van der Waals surface area contributed by atoms with Crippen molar-refractivity contribution in [2.45, 2.75) is 13.8 Å². The van der Waals surface area contributed by atoms with E-state index in [0.717, 1.165) is 21.5 Å². The van der Waals surface area contributed by atoms with Crippen LogP contribution in [0.4, 0.5) is 5.82 Å². The van der Waals surface area contributed by atoms with E-state index < -0.39 is 0 Å². The van der Waals surface area contributed by atoms with Crippen molar-refractivity contribution in [1.82, 2.24) is 20.0 Å². The monoisotopic (exact) mass is 275 g/mol. The molecule has 1 amide bonds. The van der Waals surface area contributed by atoms with Crippen molar-refractivity contribution in [3.63, 3.8) is 0 Å². The van der Waals surface area contributed by atoms with Crippen LogP contribution in [0.15, 0.2) is 12.3 Å². The largest absolute Gasteiger partial charge is 0.306 e. The summed E-state index contributed by atoms with van der Waals surface area (Å²) in [6.07, 6.45) is 1.68. The highest BCUT2D eigenvalue weighted by Gasteiger charge is 2.16. The molecule has 0 saturated heterocycles. The van der Waals surface area contributed by atoms with Gasteiger partial charge in [0.1, 0.15) is 10.6 Å². The average Bonchev–Trinajstić information content (AvgIpc) is 3.01. The molecule has 0 atom stereocenters. The van der Waals surface area contributed by atoms with E-state index in [2.05, 4.69) is 20.6 Å². The molecule has 0 aromatic carbocycles. The number of carbonyl (C=O) groups is 1. The normalized spacial score (nSPS) is 11.1. The second kappa shape index (κ2) is 4.20. The summed E-state index contributed by atoms with van der Waals surface area (Å²) in [6.45, 7) is 3.83. The van der Waals surface area contributed by atoms with Gasteiger partial charge in [-0.3, -0.25) is 14.6 Å². The molecule has 19 heavy (non-hydrogen) atoms. The van der Waals surface area contributed by atoms with Crippen LogP contribution in [-0.4, -0.2) is 25.9 Å². The molecule has 0 saturated carbocycles. The van der Waals surface area contributed by atoms with E-state index in [4.69, 9.17) is 0 Å². The molecular weight excluding hydrogens is 262 g/mol. The molecule has 0 bridgehead atoms. The summed E-state index contributed by atoms with van der Waals surface area (Å²) in [4.78, 5) is 13.8. The molecule has 0 aliphatic carbocycles. The first kappa shape index (κ1) is 11.9. The topological polar surface area (TPSA) is 75.6 Å². The van der Waals surface area contributed by atoms with Gasteiger partial charge in [0.2, 0.25) is 0 Å². The molecule has 3 aromatic rings. The van der Waals surface area contributed by atoms with Crippen LogP contribution in [0.25, 0.3) is 10.2 Å². The average molecular weight is 275 g/mol. The molecule has 0 aliphatic rings. The molecule has 6 nitrogen and oxygen atoms in total. The van der Waals surface area contributed by atoms with E-state index in [1.165, 1.54) is 11.3 Å². The highest BCUT2D eigenvalue weighted by Crippen LogP contribution is 2.28. The lowest BCUT2D eigenvalue weighted by atomic mass is 10.3. The SMILES string of the molecule is Cc1cn[nH]c1NC(=O)c1cc2c(C)nn(C)c2s1. The molecular formula is C12H13N5OS. The molecule has 3 heterocycles. The van der Waals surface area contributed by atoms with E-state index in [1.807, 2.05) is 27.0 Å². The Kier molecular flexibility index (Phi) is 2.63. The first-order valence-corrected chi connectivity index (χ1v) is 6.62. The van der Waals surface area contributed by atoms with E-state index in [1.54, 1.807) is 10.9 Å². The van der Waals surface area contributed by atoms with Crippen molar-refractivity contribution < 1.29 is 4.79 Å². The van der Waals surface area contributed by atoms with Gasteiger partial charge >= 0.3 is 0 Å². The maximum atomic E-state index is 12.2. The Hall–Kier alpha value is -2.15. The van der Waals surface area contributed by atoms with E-state index >= 15 is 0 Å². The number of amides is 1. The van der Waals surface area contributed by atoms with Crippen LogP contribution < -0.4 is 5.32 Å². The third kappa shape index (κ3) is 1.91. The number of thiophene rings is 1. The molecule has 3 rings (SSSR count). The number of nitrogens with zero attached hydrogens (tertiary/aromatic N) is 3. The first-order chi connectivity index (χ1) is 9.06. The minimum Gasteiger partial charge on any atom is -0.306 e. The maximum absolute atomic E-state index is 12.2. The first-order valence-electron chi connectivity index (χ1n) is 5.80. The fourth-order valence-corrected chi connectivity index (χ4v) is 2.98. The number of hydrogen-bond donors (Lipinski definition) is 2. The summed E-state index contributed by atoms with van der Waals surface area (Å²) in [6, 6.07) is 1.88. The predicted molar refractivity (Wildman–Crippen MR) is 74.6 cm³/mol. The summed E-state index contributed by atoms with van der Waals surface area (Å²) < 4.78 is 1.80. The number of hydrogen-bond acceptors (Lipinski definition) is 4. The smallest absolute Gasteiger partial charge is 0.266 e. The van der Waals surface area contributed by atoms with Gasteiger partial charge in [0, 0.05) is 18.0 Å². The molecule has 0 spiro atoms. The number of anilines is 1. The van der Waals surface area contributed by atoms with Gasteiger partial charge in [0.25, 0.3) is 5.91 Å². The van der Waals surface area contributed by atoms with Gasteiger partial charge in [0.15, 0.2) is 0 Å².